The number of carbonyl (C=O) groups excluding carboxylic acids is 2. The number of carbonyl (C=O) groups is 2. The smallest absolute Gasteiger partial charge is 0.228 e. The van der Waals surface area contributed by atoms with Crippen LogP contribution in [0.1, 0.15) is 17.1 Å². The fraction of sp³-hybridized carbons (Fsp3) is 0.421. The summed E-state index contributed by atoms with van der Waals surface area (Å²) >= 11 is 7.40. The van der Waals surface area contributed by atoms with Crippen molar-refractivity contribution in [2.24, 2.45) is 5.73 Å². The highest BCUT2D eigenvalue weighted by atomic mass is 35.5. The number of aryl methyl sites for hydroxylation is 1. The van der Waals surface area contributed by atoms with Gasteiger partial charge in [0.25, 0.3) is 0 Å². The van der Waals surface area contributed by atoms with Gasteiger partial charge in [-0.3, -0.25) is 9.59 Å². The Balaban J connectivity index is 1.69. The van der Waals surface area contributed by atoms with Crippen LogP contribution in [0.5, 0.6) is 5.75 Å². The van der Waals surface area contributed by atoms with E-state index in [0.717, 1.165) is 10.7 Å². The lowest BCUT2D eigenvalue weighted by atomic mass is 9.97. The molecule has 1 atom stereocenters. The molecule has 150 valence electrons. The quantitative estimate of drug-likeness (QED) is 0.736. The number of ether oxygens (including phenoxy) is 2. The van der Waals surface area contributed by atoms with Crippen molar-refractivity contribution in [1.29, 1.82) is 0 Å². The number of morpholine rings is 1. The second-order valence-corrected chi connectivity index (χ2v) is 8.27. The maximum absolute atomic E-state index is 12.7. The number of thiazole rings is 1. The third kappa shape index (κ3) is 5.43. The second-order valence-electron chi connectivity index (χ2n) is 6.77. The van der Waals surface area contributed by atoms with Gasteiger partial charge in [0.2, 0.25) is 11.8 Å². The third-order valence-electron chi connectivity index (χ3n) is 4.41. The van der Waals surface area contributed by atoms with E-state index in [2.05, 4.69) is 4.98 Å². The Morgan fingerprint density at radius 2 is 2.14 bits per heavy atom. The molecule has 0 saturated carbocycles. The molecule has 1 fully saturated rings. The van der Waals surface area contributed by atoms with E-state index in [1.165, 1.54) is 11.3 Å². The summed E-state index contributed by atoms with van der Waals surface area (Å²) in [6.45, 7) is 2.98. The van der Waals surface area contributed by atoms with E-state index in [1.807, 2.05) is 12.3 Å². The number of hydrogen-bond acceptors (Lipinski definition) is 6. The summed E-state index contributed by atoms with van der Waals surface area (Å²) in [5, 5.41) is 3.40. The van der Waals surface area contributed by atoms with E-state index in [-0.39, 0.29) is 31.9 Å². The van der Waals surface area contributed by atoms with Crippen molar-refractivity contribution in [3.05, 3.63) is 45.4 Å². The van der Waals surface area contributed by atoms with Crippen LogP contribution in [0.3, 0.4) is 0 Å². The molecule has 0 aliphatic carbocycles. The number of aromatic nitrogens is 1. The monoisotopic (exact) mass is 423 g/mol. The number of primary amides is 1. The lowest BCUT2D eigenvalue weighted by molar-refractivity contribution is -0.161. The molecule has 1 aliphatic heterocycles. The molecule has 9 heteroatoms. The molecule has 2 amide bonds. The second kappa shape index (κ2) is 8.89. The summed E-state index contributed by atoms with van der Waals surface area (Å²) in [6.07, 6.45) is 0.176. The number of halogens is 1. The Morgan fingerprint density at radius 3 is 2.79 bits per heavy atom. The van der Waals surface area contributed by atoms with Crippen LogP contribution >= 0.6 is 22.9 Å². The van der Waals surface area contributed by atoms with Crippen LogP contribution in [0.4, 0.5) is 0 Å². The zero-order valence-corrected chi connectivity index (χ0v) is 17.1. The van der Waals surface area contributed by atoms with Crippen molar-refractivity contribution >= 4 is 34.8 Å². The molecular formula is C19H22ClN3O4S. The first-order chi connectivity index (χ1) is 13.3. The molecule has 2 aromatic rings. The molecule has 7 nitrogen and oxygen atoms in total. The molecule has 1 saturated heterocycles. The largest absolute Gasteiger partial charge is 0.490 e. The summed E-state index contributed by atoms with van der Waals surface area (Å²) in [6, 6.07) is 6.89. The minimum absolute atomic E-state index is 0.0415. The van der Waals surface area contributed by atoms with Crippen molar-refractivity contribution in [2.45, 2.75) is 25.4 Å². The Kier molecular flexibility index (Phi) is 6.53. The average Bonchev–Trinajstić information content (AvgIpc) is 3.05. The van der Waals surface area contributed by atoms with E-state index < -0.39 is 11.5 Å². The number of rotatable bonds is 7. The molecule has 3 rings (SSSR count). The van der Waals surface area contributed by atoms with Gasteiger partial charge in [-0.25, -0.2) is 4.98 Å². The molecule has 2 heterocycles. The Morgan fingerprint density at radius 1 is 1.39 bits per heavy atom. The number of nitrogens with zero attached hydrogens (tertiary/aromatic N) is 2. The van der Waals surface area contributed by atoms with Crippen molar-refractivity contribution in [2.75, 3.05) is 26.3 Å². The van der Waals surface area contributed by atoms with Crippen LogP contribution in [0.25, 0.3) is 0 Å². The number of amides is 2. The molecule has 0 bridgehead atoms. The van der Waals surface area contributed by atoms with E-state index in [9.17, 15) is 9.59 Å². The van der Waals surface area contributed by atoms with Crippen molar-refractivity contribution in [3.8, 4) is 5.75 Å². The lowest BCUT2D eigenvalue weighted by Gasteiger charge is -2.42. The van der Waals surface area contributed by atoms with Crippen molar-refractivity contribution < 1.29 is 19.1 Å². The fourth-order valence-corrected chi connectivity index (χ4v) is 3.86. The van der Waals surface area contributed by atoms with Gasteiger partial charge < -0.3 is 20.1 Å². The molecule has 28 heavy (non-hydrogen) atoms. The van der Waals surface area contributed by atoms with E-state index in [1.54, 1.807) is 29.2 Å². The van der Waals surface area contributed by atoms with Gasteiger partial charge in [0.05, 0.1) is 36.7 Å². The zero-order chi connectivity index (χ0) is 20.1. The molecular weight excluding hydrogens is 402 g/mol. The van der Waals surface area contributed by atoms with Crippen molar-refractivity contribution in [3.63, 3.8) is 0 Å². The van der Waals surface area contributed by atoms with Gasteiger partial charge in [0.15, 0.2) is 0 Å². The highest BCUT2D eigenvalue weighted by Crippen LogP contribution is 2.25. The van der Waals surface area contributed by atoms with Crippen LogP contribution in [0.15, 0.2) is 29.6 Å². The minimum Gasteiger partial charge on any atom is -0.490 e. The Hall–Kier alpha value is -2.16. The number of benzene rings is 1. The predicted octanol–water partition coefficient (Wildman–Crippen LogP) is 2.20. The van der Waals surface area contributed by atoms with Gasteiger partial charge in [-0.2, -0.15) is 0 Å². The standard InChI is InChI=1S/C19H22ClN3O4S/c1-13-22-15(10-28-13)8-18(25)23-6-7-27-19(11-23,9-17(21)24)12-26-16-4-2-14(20)3-5-16/h2-5,10H,6-9,11-12H2,1H3,(H2,21,24)/t19-/m0/s1. The summed E-state index contributed by atoms with van der Waals surface area (Å²) in [4.78, 5) is 30.4. The van der Waals surface area contributed by atoms with Crippen LogP contribution in [0.2, 0.25) is 5.02 Å². The van der Waals surface area contributed by atoms with Gasteiger partial charge in [0.1, 0.15) is 18.0 Å². The average molecular weight is 424 g/mol. The van der Waals surface area contributed by atoms with Crippen molar-refractivity contribution in [1.82, 2.24) is 9.88 Å². The molecule has 0 unspecified atom stereocenters. The molecule has 1 aromatic carbocycles. The summed E-state index contributed by atoms with van der Waals surface area (Å²) in [7, 11) is 0. The van der Waals surface area contributed by atoms with E-state index in [0.29, 0.717) is 23.9 Å². The molecule has 1 aromatic heterocycles. The lowest BCUT2D eigenvalue weighted by Crippen LogP contribution is -2.58. The Bertz CT molecular complexity index is 842. The maximum atomic E-state index is 12.7. The Labute approximate surface area is 172 Å². The van der Waals surface area contributed by atoms with E-state index in [4.69, 9.17) is 26.8 Å². The van der Waals surface area contributed by atoms with Crippen LogP contribution < -0.4 is 10.5 Å². The van der Waals surface area contributed by atoms with Crippen LogP contribution in [0, 0.1) is 6.92 Å². The first kappa shape index (κ1) is 20.6. The SMILES string of the molecule is Cc1nc(CC(=O)N2CCO[C@@](COc3ccc(Cl)cc3)(CC(N)=O)C2)cs1. The fourth-order valence-electron chi connectivity index (χ4n) is 3.12. The third-order valence-corrected chi connectivity index (χ3v) is 5.49. The van der Waals surface area contributed by atoms with Gasteiger partial charge in [0, 0.05) is 16.9 Å². The zero-order valence-electron chi connectivity index (χ0n) is 15.5. The molecule has 0 spiro atoms. The van der Waals surface area contributed by atoms with Crippen LogP contribution in [-0.4, -0.2) is 53.6 Å². The van der Waals surface area contributed by atoms with Gasteiger partial charge in [-0.05, 0) is 31.2 Å². The highest BCUT2D eigenvalue weighted by Gasteiger charge is 2.41. The summed E-state index contributed by atoms with van der Waals surface area (Å²) in [5.74, 6) is 0.0244. The predicted molar refractivity (Wildman–Crippen MR) is 107 cm³/mol. The normalized spacial score (nSPS) is 19.4. The van der Waals surface area contributed by atoms with E-state index >= 15 is 0 Å². The number of hydrogen-bond donors (Lipinski definition) is 1. The molecule has 1 aliphatic rings. The molecule has 2 N–H and O–H groups in total. The number of nitrogens with two attached hydrogens (primary N) is 1. The first-order valence-electron chi connectivity index (χ1n) is 8.85. The maximum Gasteiger partial charge on any atom is 0.228 e. The summed E-state index contributed by atoms with van der Waals surface area (Å²) < 4.78 is 11.7. The summed E-state index contributed by atoms with van der Waals surface area (Å²) in [5.41, 5.74) is 5.20. The van der Waals surface area contributed by atoms with Crippen LogP contribution in [-0.2, 0) is 20.7 Å². The highest BCUT2D eigenvalue weighted by molar-refractivity contribution is 7.09. The van der Waals surface area contributed by atoms with Gasteiger partial charge in [-0.15, -0.1) is 11.3 Å². The minimum atomic E-state index is -0.989. The van der Waals surface area contributed by atoms with Gasteiger partial charge in [-0.1, -0.05) is 11.6 Å². The topological polar surface area (TPSA) is 94.8 Å². The first-order valence-corrected chi connectivity index (χ1v) is 10.1. The molecule has 0 radical (unpaired) electrons. The van der Waals surface area contributed by atoms with Gasteiger partial charge >= 0.3 is 0 Å².